The summed E-state index contributed by atoms with van der Waals surface area (Å²) in [6, 6.07) is 1.76. The Labute approximate surface area is 92.9 Å². The van der Waals surface area contributed by atoms with Crippen LogP contribution in [0.5, 0.6) is 0 Å². The summed E-state index contributed by atoms with van der Waals surface area (Å²) in [5.41, 5.74) is 7.39. The van der Waals surface area contributed by atoms with Gasteiger partial charge in [0.1, 0.15) is 11.6 Å². The molecule has 0 unspecified atom stereocenters. The number of anilines is 2. The van der Waals surface area contributed by atoms with Crippen LogP contribution in [0.15, 0.2) is 16.8 Å². The van der Waals surface area contributed by atoms with Gasteiger partial charge in [0.05, 0.1) is 5.69 Å². The smallest absolute Gasteiger partial charge is 0.221 e. The number of nitrogen functional groups attached to an aromatic ring is 1. The van der Waals surface area contributed by atoms with Crippen LogP contribution in [0.4, 0.5) is 11.8 Å². The molecule has 0 bridgehead atoms. The van der Waals surface area contributed by atoms with E-state index >= 15 is 0 Å². The number of nitrogens with two attached hydrogens (primary N) is 1. The van der Waals surface area contributed by atoms with E-state index in [0.29, 0.717) is 12.4 Å². The first kappa shape index (κ1) is 10.4. The molecule has 2 aromatic rings. The first-order chi connectivity index (χ1) is 7.66. The monoisotopic (exact) mass is 219 g/mol. The van der Waals surface area contributed by atoms with Crippen molar-refractivity contribution in [2.24, 2.45) is 0 Å². The normalized spacial score (nSPS) is 10.4. The van der Waals surface area contributed by atoms with Crippen LogP contribution in [0.1, 0.15) is 17.0 Å². The van der Waals surface area contributed by atoms with Crippen molar-refractivity contribution < 1.29 is 4.52 Å². The van der Waals surface area contributed by atoms with E-state index in [1.54, 1.807) is 12.3 Å². The van der Waals surface area contributed by atoms with Crippen LogP contribution in [0.25, 0.3) is 0 Å². The van der Waals surface area contributed by atoms with E-state index in [-0.39, 0.29) is 5.95 Å². The van der Waals surface area contributed by atoms with Crippen LogP contribution < -0.4 is 11.1 Å². The maximum Gasteiger partial charge on any atom is 0.221 e. The molecule has 0 spiro atoms. The standard InChI is InChI=1S/C10H13N5O/c1-6-8(7(2)16-15-6)5-13-9-3-4-12-10(11)14-9/h3-4H,5H2,1-2H3,(H3,11,12,13,14). The fourth-order valence-corrected chi connectivity index (χ4v) is 1.41. The Balaban J connectivity index is 2.08. The largest absolute Gasteiger partial charge is 0.368 e. The van der Waals surface area contributed by atoms with Crippen LogP contribution in [-0.4, -0.2) is 15.1 Å². The van der Waals surface area contributed by atoms with Gasteiger partial charge in [-0.05, 0) is 19.9 Å². The van der Waals surface area contributed by atoms with Crippen molar-refractivity contribution in [3.8, 4) is 0 Å². The Bertz CT molecular complexity index is 474. The lowest BCUT2D eigenvalue weighted by Gasteiger charge is -2.04. The van der Waals surface area contributed by atoms with Gasteiger partial charge >= 0.3 is 0 Å². The van der Waals surface area contributed by atoms with Gasteiger partial charge in [-0.1, -0.05) is 5.16 Å². The summed E-state index contributed by atoms with van der Waals surface area (Å²) in [5, 5.41) is 7.01. The molecule has 0 atom stereocenters. The molecule has 0 saturated heterocycles. The minimum absolute atomic E-state index is 0.253. The molecule has 6 heteroatoms. The lowest BCUT2D eigenvalue weighted by molar-refractivity contribution is 0.392. The molecule has 0 saturated carbocycles. The van der Waals surface area contributed by atoms with E-state index in [1.807, 2.05) is 13.8 Å². The van der Waals surface area contributed by atoms with Gasteiger partial charge in [-0.25, -0.2) is 4.98 Å². The van der Waals surface area contributed by atoms with Crippen molar-refractivity contribution in [3.05, 3.63) is 29.3 Å². The molecule has 0 aromatic carbocycles. The van der Waals surface area contributed by atoms with Gasteiger partial charge in [0.25, 0.3) is 0 Å². The van der Waals surface area contributed by atoms with Crippen LogP contribution in [-0.2, 0) is 6.54 Å². The summed E-state index contributed by atoms with van der Waals surface area (Å²) in [6.45, 7) is 4.39. The number of rotatable bonds is 3. The fourth-order valence-electron chi connectivity index (χ4n) is 1.41. The molecule has 0 aliphatic carbocycles. The van der Waals surface area contributed by atoms with Crippen molar-refractivity contribution in [1.82, 2.24) is 15.1 Å². The Kier molecular flexibility index (Phi) is 2.72. The molecular weight excluding hydrogens is 206 g/mol. The van der Waals surface area contributed by atoms with Crippen molar-refractivity contribution in [2.75, 3.05) is 11.1 Å². The highest BCUT2D eigenvalue weighted by Crippen LogP contribution is 2.14. The predicted molar refractivity (Wildman–Crippen MR) is 59.7 cm³/mol. The number of hydrogen-bond donors (Lipinski definition) is 2. The number of nitrogens with zero attached hydrogens (tertiary/aromatic N) is 3. The Hall–Kier alpha value is -2.11. The average molecular weight is 219 g/mol. The number of nitrogens with one attached hydrogen (secondary N) is 1. The minimum atomic E-state index is 0.253. The predicted octanol–water partition coefficient (Wildman–Crippen LogP) is 1.28. The summed E-state index contributed by atoms with van der Waals surface area (Å²) in [5.74, 6) is 1.75. The van der Waals surface area contributed by atoms with Gasteiger partial charge in [0.15, 0.2) is 0 Å². The molecule has 84 valence electrons. The van der Waals surface area contributed by atoms with Crippen molar-refractivity contribution in [1.29, 1.82) is 0 Å². The highest BCUT2D eigenvalue weighted by atomic mass is 16.5. The molecule has 3 N–H and O–H groups in total. The van der Waals surface area contributed by atoms with Crippen LogP contribution in [0, 0.1) is 13.8 Å². The Morgan fingerprint density at radius 2 is 2.25 bits per heavy atom. The molecule has 0 aliphatic heterocycles. The lowest BCUT2D eigenvalue weighted by atomic mass is 10.2. The quantitative estimate of drug-likeness (QED) is 0.808. The van der Waals surface area contributed by atoms with Crippen molar-refractivity contribution >= 4 is 11.8 Å². The van der Waals surface area contributed by atoms with Gasteiger partial charge in [-0.15, -0.1) is 0 Å². The second-order valence-corrected chi connectivity index (χ2v) is 3.46. The average Bonchev–Trinajstić information content (AvgIpc) is 2.56. The topological polar surface area (TPSA) is 89.9 Å². The summed E-state index contributed by atoms with van der Waals surface area (Å²) >= 11 is 0. The van der Waals surface area contributed by atoms with Crippen LogP contribution in [0.3, 0.4) is 0 Å². The third-order valence-electron chi connectivity index (χ3n) is 2.30. The van der Waals surface area contributed by atoms with Crippen molar-refractivity contribution in [2.45, 2.75) is 20.4 Å². The summed E-state index contributed by atoms with van der Waals surface area (Å²) in [4.78, 5) is 7.85. The second kappa shape index (κ2) is 4.18. The highest BCUT2D eigenvalue weighted by Gasteiger charge is 2.08. The molecular formula is C10H13N5O. The lowest BCUT2D eigenvalue weighted by Crippen LogP contribution is -2.04. The van der Waals surface area contributed by atoms with Gasteiger partial charge in [-0.2, -0.15) is 4.98 Å². The number of hydrogen-bond acceptors (Lipinski definition) is 6. The third-order valence-corrected chi connectivity index (χ3v) is 2.30. The minimum Gasteiger partial charge on any atom is -0.368 e. The van der Waals surface area contributed by atoms with Gasteiger partial charge in [-0.3, -0.25) is 0 Å². The zero-order chi connectivity index (χ0) is 11.5. The van der Waals surface area contributed by atoms with E-state index in [9.17, 15) is 0 Å². The maximum absolute atomic E-state index is 5.47. The maximum atomic E-state index is 5.47. The van der Waals surface area contributed by atoms with E-state index in [4.69, 9.17) is 10.3 Å². The van der Waals surface area contributed by atoms with E-state index in [2.05, 4.69) is 20.4 Å². The third kappa shape index (κ3) is 2.10. The van der Waals surface area contributed by atoms with Crippen LogP contribution >= 0.6 is 0 Å². The van der Waals surface area contributed by atoms with Gasteiger partial charge in [0, 0.05) is 18.3 Å². The van der Waals surface area contributed by atoms with E-state index in [0.717, 1.165) is 17.0 Å². The first-order valence-corrected chi connectivity index (χ1v) is 4.91. The molecule has 6 nitrogen and oxygen atoms in total. The molecule has 0 amide bonds. The van der Waals surface area contributed by atoms with Gasteiger partial charge < -0.3 is 15.6 Å². The first-order valence-electron chi connectivity index (χ1n) is 4.91. The molecule has 0 fully saturated rings. The molecule has 0 radical (unpaired) electrons. The molecule has 2 heterocycles. The fraction of sp³-hybridized carbons (Fsp3) is 0.300. The van der Waals surface area contributed by atoms with Gasteiger partial charge in [0.2, 0.25) is 5.95 Å². The Morgan fingerprint density at radius 1 is 1.44 bits per heavy atom. The highest BCUT2D eigenvalue weighted by molar-refractivity contribution is 5.39. The number of aryl methyl sites for hydroxylation is 2. The van der Waals surface area contributed by atoms with E-state index in [1.165, 1.54) is 0 Å². The SMILES string of the molecule is Cc1noc(C)c1CNc1ccnc(N)n1. The Morgan fingerprint density at radius 3 is 2.88 bits per heavy atom. The number of aromatic nitrogens is 3. The molecule has 2 aromatic heterocycles. The zero-order valence-corrected chi connectivity index (χ0v) is 9.19. The van der Waals surface area contributed by atoms with Crippen LogP contribution in [0.2, 0.25) is 0 Å². The molecule has 0 aliphatic rings. The molecule has 16 heavy (non-hydrogen) atoms. The second-order valence-electron chi connectivity index (χ2n) is 3.46. The van der Waals surface area contributed by atoms with E-state index < -0.39 is 0 Å². The zero-order valence-electron chi connectivity index (χ0n) is 9.19. The summed E-state index contributed by atoms with van der Waals surface area (Å²) in [7, 11) is 0. The summed E-state index contributed by atoms with van der Waals surface area (Å²) < 4.78 is 5.06. The van der Waals surface area contributed by atoms with Crippen molar-refractivity contribution in [3.63, 3.8) is 0 Å². The summed E-state index contributed by atoms with van der Waals surface area (Å²) in [6.07, 6.45) is 1.61. The molecule has 2 rings (SSSR count).